The fourth-order valence-corrected chi connectivity index (χ4v) is 3.84. The van der Waals surface area contributed by atoms with Gasteiger partial charge in [-0.15, -0.1) is 0 Å². The molecule has 1 aliphatic heterocycles. The summed E-state index contributed by atoms with van der Waals surface area (Å²) >= 11 is 0. The van der Waals surface area contributed by atoms with E-state index in [4.69, 9.17) is 24.5 Å². The minimum Gasteiger partial charge on any atom is -0.475 e. The maximum Gasteiger partial charge on any atom is 0.490 e. The molecule has 51 heavy (non-hydrogen) atoms. The number of halogens is 6. The lowest BCUT2D eigenvalue weighted by Gasteiger charge is -2.29. The van der Waals surface area contributed by atoms with E-state index in [9.17, 15) is 40.7 Å². The van der Waals surface area contributed by atoms with Crippen LogP contribution in [-0.2, 0) is 24.0 Å². The number of alkyl halides is 6. The lowest BCUT2D eigenvalue weighted by Crippen LogP contribution is -2.57. The topological polar surface area (TPSA) is 199 Å². The second kappa shape index (κ2) is 19.7. The van der Waals surface area contributed by atoms with Crippen LogP contribution in [0.1, 0.15) is 25.7 Å². The number of ether oxygens (including phenoxy) is 1. The fourth-order valence-electron chi connectivity index (χ4n) is 3.84. The third-order valence-corrected chi connectivity index (χ3v) is 6.69. The van der Waals surface area contributed by atoms with Gasteiger partial charge in [0, 0.05) is 44.2 Å². The van der Waals surface area contributed by atoms with Crippen LogP contribution in [0.4, 0.5) is 32.0 Å². The van der Waals surface area contributed by atoms with Crippen molar-refractivity contribution in [2.45, 2.75) is 44.1 Å². The molecule has 14 nitrogen and oxygen atoms in total. The Bertz CT molecular complexity index is 1500. The number of aliphatic carboxylic acids is 2. The number of carbonyl (C=O) groups excluding carboxylic acids is 3. The van der Waals surface area contributed by atoms with Gasteiger partial charge in [-0.1, -0.05) is 24.3 Å². The summed E-state index contributed by atoms with van der Waals surface area (Å²) in [5, 5.41) is 26.1. The third-order valence-electron chi connectivity index (χ3n) is 6.69. The van der Waals surface area contributed by atoms with Gasteiger partial charge in [-0.05, 0) is 50.1 Å². The van der Waals surface area contributed by atoms with E-state index in [0.717, 1.165) is 49.5 Å². The highest BCUT2D eigenvalue weighted by atomic mass is 19.4. The van der Waals surface area contributed by atoms with Crippen LogP contribution in [0.2, 0.25) is 0 Å². The number of amides is 3. The Kier molecular flexibility index (Phi) is 16.1. The average molecular weight is 735 g/mol. The maximum absolute atomic E-state index is 12.5. The number of carboxylic acids is 2. The molecule has 1 saturated carbocycles. The van der Waals surface area contributed by atoms with Crippen molar-refractivity contribution in [1.29, 1.82) is 0 Å². The number of anilines is 1. The number of rotatable bonds is 12. The first-order chi connectivity index (χ1) is 23.9. The predicted octanol–water partition coefficient (Wildman–Crippen LogP) is 3.37. The molecule has 1 atom stereocenters. The van der Waals surface area contributed by atoms with E-state index in [1.54, 1.807) is 7.05 Å². The Morgan fingerprint density at radius 1 is 0.902 bits per heavy atom. The predicted molar refractivity (Wildman–Crippen MR) is 169 cm³/mol. The number of benzene rings is 2. The second-order valence-corrected chi connectivity index (χ2v) is 10.8. The van der Waals surface area contributed by atoms with Crippen molar-refractivity contribution < 1.29 is 65.3 Å². The maximum atomic E-state index is 12.5. The highest BCUT2D eigenvalue weighted by Crippen LogP contribution is 2.28. The van der Waals surface area contributed by atoms with Crippen LogP contribution in [0.15, 0.2) is 59.6 Å². The van der Waals surface area contributed by atoms with Crippen molar-refractivity contribution in [3.63, 3.8) is 0 Å². The third kappa shape index (κ3) is 16.2. The van der Waals surface area contributed by atoms with Crippen molar-refractivity contribution in [2.75, 3.05) is 38.5 Å². The van der Waals surface area contributed by atoms with Gasteiger partial charge in [-0.3, -0.25) is 25.0 Å². The average Bonchev–Trinajstić information content (AvgIpc) is 3.91. The first-order valence-electron chi connectivity index (χ1n) is 15.2. The number of nitrogens with one attached hydrogen (secondary N) is 4. The van der Waals surface area contributed by atoms with Gasteiger partial charge >= 0.3 is 24.3 Å². The van der Waals surface area contributed by atoms with Crippen molar-refractivity contribution in [3.05, 3.63) is 54.6 Å². The highest BCUT2D eigenvalue weighted by molar-refractivity contribution is 6.08. The van der Waals surface area contributed by atoms with Crippen molar-refractivity contribution in [3.8, 4) is 11.5 Å². The Morgan fingerprint density at radius 2 is 1.49 bits per heavy atom. The summed E-state index contributed by atoms with van der Waals surface area (Å²) in [5.41, 5.74) is 0.980. The fraction of sp³-hybridized carbons (Fsp3) is 0.419. The molecule has 1 aliphatic carbocycles. The molecule has 2 aliphatic rings. The summed E-state index contributed by atoms with van der Waals surface area (Å²) in [6, 6.07) is 16.8. The summed E-state index contributed by atoms with van der Waals surface area (Å²) in [4.78, 5) is 60.3. The van der Waals surface area contributed by atoms with E-state index in [1.165, 1.54) is 4.90 Å². The molecule has 1 fully saturated rings. The molecule has 0 spiro atoms. The van der Waals surface area contributed by atoms with Gasteiger partial charge in [-0.2, -0.15) is 26.3 Å². The van der Waals surface area contributed by atoms with Gasteiger partial charge in [0.15, 0.2) is 0 Å². The Labute approximate surface area is 287 Å². The van der Waals surface area contributed by atoms with Crippen LogP contribution in [0.3, 0.4) is 0 Å². The van der Waals surface area contributed by atoms with E-state index in [0.29, 0.717) is 6.54 Å². The van der Waals surface area contributed by atoms with Gasteiger partial charge in [0.1, 0.15) is 17.5 Å². The molecule has 6 N–H and O–H groups in total. The number of guanidine groups is 1. The highest BCUT2D eigenvalue weighted by Gasteiger charge is 2.39. The normalized spacial score (nSPS) is 15.3. The lowest BCUT2D eigenvalue weighted by molar-refractivity contribution is -0.193. The molecule has 280 valence electrons. The van der Waals surface area contributed by atoms with Gasteiger partial charge in [-0.25, -0.2) is 14.6 Å². The molecule has 4 rings (SSSR count). The molecule has 0 bridgehead atoms. The second-order valence-electron chi connectivity index (χ2n) is 10.8. The van der Waals surface area contributed by atoms with E-state index < -0.39 is 30.3 Å². The van der Waals surface area contributed by atoms with Crippen LogP contribution < -0.4 is 26.0 Å². The first-order valence-corrected chi connectivity index (χ1v) is 15.2. The number of para-hydroxylation sites is 1. The number of hydrogen-bond donors (Lipinski definition) is 6. The molecule has 2 aromatic carbocycles. The Balaban J connectivity index is 0.000000543. The van der Waals surface area contributed by atoms with Gasteiger partial charge in [0.05, 0.1) is 6.54 Å². The van der Waals surface area contributed by atoms with Crippen LogP contribution in [0.25, 0.3) is 0 Å². The van der Waals surface area contributed by atoms with Crippen molar-refractivity contribution >= 4 is 41.3 Å². The summed E-state index contributed by atoms with van der Waals surface area (Å²) in [6.07, 6.45) is -7.27. The lowest BCUT2D eigenvalue weighted by atomic mass is 10.2. The molecule has 20 heteroatoms. The van der Waals surface area contributed by atoms with E-state index in [2.05, 4.69) is 26.3 Å². The minimum atomic E-state index is -5.08. The standard InChI is InChI=1S/C27H34N6O4.2C2HF3O2/c1-33(23-18-30-27(32-26(23)36)31-25(35)19-11-12-19)24(34)13-16-28-14-6-15-29-20-7-5-10-22(17-20)37-21-8-3-2-4-9-21;2*3-2(4,5)1(6)7/h2-5,7-10,17,19,23,28-29H,6,11-16,18H2,1H3,(H2,30,31,32,35,36);2*(H,6,7). The zero-order valence-electron chi connectivity index (χ0n) is 27.0. The van der Waals surface area contributed by atoms with E-state index in [1.807, 2.05) is 54.6 Å². The summed E-state index contributed by atoms with van der Waals surface area (Å²) in [7, 11) is 1.61. The van der Waals surface area contributed by atoms with Gasteiger partial charge in [0.2, 0.25) is 17.8 Å². The first kappa shape index (κ1) is 41.8. The Morgan fingerprint density at radius 3 is 2.04 bits per heavy atom. The molecule has 0 saturated heterocycles. The van der Waals surface area contributed by atoms with Crippen LogP contribution in [0, 0.1) is 5.92 Å². The summed E-state index contributed by atoms with van der Waals surface area (Å²) in [5.74, 6) is -4.35. The Hall–Kier alpha value is -5.40. The van der Waals surface area contributed by atoms with Crippen LogP contribution in [0.5, 0.6) is 11.5 Å². The molecular formula is C31H36F6N6O8. The number of aliphatic imine (C=N–C) groups is 1. The van der Waals surface area contributed by atoms with Gasteiger partial charge in [0.25, 0.3) is 5.91 Å². The van der Waals surface area contributed by atoms with E-state index in [-0.39, 0.29) is 42.6 Å². The molecule has 1 unspecified atom stereocenters. The number of likely N-dealkylation sites (N-methyl/N-ethyl adjacent to an activating group) is 1. The van der Waals surface area contributed by atoms with Crippen LogP contribution in [-0.4, -0.2) is 102 Å². The SMILES string of the molecule is CN(C(=O)CCNCCCNc1cccc(Oc2ccccc2)c1)C1CN=C(NC(=O)C2CC2)NC1=O.O=C(O)C(F)(F)F.O=C(O)C(F)(F)F. The monoisotopic (exact) mass is 734 g/mol. The molecule has 0 radical (unpaired) electrons. The number of carbonyl (C=O) groups is 5. The molecule has 1 heterocycles. The number of nitrogens with zero attached hydrogens (tertiary/aromatic N) is 2. The van der Waals surface area contributed by atoms with E-state index >= 15 is 0 Å². The zero-order valence-corrected chi connectivity index (χ0v) is 27.0. The molecule has 3 amide bonds. The quantitative estimate of drug-likeness (QED) is 0.139. The molecular weight excluding hydrogens is 698 g/mol. The minimum absolute atomic E-state index is 0.0237. The molecule has 0 aromatic heterocycles. The number of hydrogen-bond acceptors (Lipinski definition) is 9. The van der Waals surface area contributed by atoms with Crippen molar-refractivity contribution in [1.82, 2.24) is 20.9 Å². The molecule has 2 aromatic rings. The smallest absolute Gasteiger partial charge is 0.475 e. The van der Waals surface area contributed by atoms with Crippen LogP contribution >= 0.6 is 0 Å². The summed E-state index contributed by atoms with van der Waals surface area (Å²) in [6.45, 7) is 2.17. The zero-order chi connectivity index (χ0) is 38.2. The van der Waals surface area contributed by atoms with Crippen molar-refractivity contribution in [2.24, 2.45) is 10.9 Å². The largest absolute Gasteiger partial charge is 0.490 e. The van der Waals surface area contributed by atoms with Gasteiger partial charge < -0.3 is 30.5 Å². The summed E-state index contributed by atoms with van der Waals surface area (Å²) < 4.78 is 69.3. The number of carboxylic acid groups (broad SMARTS) is 2.